The third-order valence-electron chi connectivity index (χ3n) is 2.98. The van der Waals surface area contributed by atoms with Crippen molar-refractivity contribution in [3.63, 3.8) is 0 Å². The molecule has 0 saturated carbocycles. The van der Waals surface area contributed by atoms with Gasteiger partial charge in [0.1, 0.15) is 11.5 Å². The zero-order valence-electron chi connectivity index (χ0n) is 12.3. The van der Waals surface area contributed by atoms with Gasteiger partial charge in [-0.05, 0) is 31.4 Å². The smallest absolute Gasteiger partial charge is 0.273 e. The third kappa shape index (κ3) is 4.05. The molecular weight excluding hydrogens is 304 g/mol. The van der Waals surface area contributed by atoms with Gasteiger partial charge in [0.15, 0.2) is 5.78 Å². The number of hydrazine groups is 1. The third-order valence-corrected chi connectivity index (χ3v) is 3.89. The maximum absolute atomic E-state index is 11.9. The van der Waals surface area contributed by atoms with Gasteiger partial charge in [-0.25, -0.2) is 0 Å². The number of hydrogen-bond donors (Lipinski definition) is 2. The Morgan fingerprint density at radius 3 is 2.55 bits per heavy atom. The number of carbonyl (C=O) groups is 3. The van der Waals surface area contributed by atoms with E-state index < -0.39 is 11.8 Å². The van der Waals surface area contributed by atoms with Gasteiger partial charge < -0.3 is 4.42 Å². The lowest BCUT2D eigenvalue weighted by Gasteiger charge is -2.06. The molecule has 2 amide bonds. The Kier molecular flexibility index (Phi) is 5.11. The lowest BCUT2D eigenvalue weighted by molar-refractivity contribution is -0.121. The number of ketones is 1. The van der Waals surface area contributed by atoms with E-state index in [0.29, 0.717) is 22.0 Å². The molecule has 0 fully saturated rings. The molecule has 0 aliphatic heterocycles. The largest absolute Gasteiger partial charge is 0.466 e. The minimum Gasteiger partial charge on any atom is -0.466 e. The summed E-state index contributed by atoms with van der Waals surface area (Å²) in [7, 11) is 0. The number of furan rings is 1. The van der Waals surface area contributed by atoms with E-state index in [4.69, 9.17) is 4.42 Å². The second kappa shape index (κ2) is 7.04. The first-order valence-corrected chi connectivity index (χ1v) is 7.58. The molecule has 0 aliphatic rings. The van der Waals surface area contributed by atoms with Crippen molar-refractivity contribution in [1.29, 1.82) is 0 Å². The Morgan fingerprint density at radius 1 is 1.18 bits per heavy atom. The molecule has 0 aliphatic carbocycles. The van der Waals surface area contributed by atoms with Crippen LogP contribution in [0.3, 0.4) is 0 Å². The Balaban J connectivity index is 1.77. The van der Waals surface area contributed by atoms with Crippen molar-refractivity contribution in [3.8, 4) is 0 Å². The molecule has 0 saturated heterocycles. The average molecular weight is 320 g/mol. The minimum atomic E-state index is -0.452. The normalized spacial score (nSPS) is 10.3. The Labute approximate surface area is 131 Å². The summed E-state index contributed by atoms with van der Waals surface area (Å²) >= 11 is 1.34. The highest BCUT2D eigenvalue weighted by Crippen LogP contribution is 2.13. The molecule has 22 heavy (non-hydrogen) atoms. The number of amides is 2. The molecule has 0 spiro atoms. The average Bonchev–Trinajstić information content (AvgIpc) is 3.11. The Bertz CT molecular complexity index is 688. The molecule has 7 heteroatoms. The van der Waals surface area contributed by atoms with E-state index in [0.717, 1.165) is 0 Å². The maximum Gasteiger partial charge on any atom is 0.273 e. The van der Waals surface area contributed by atoms with Gasteiger partial charge in [-0.2, -0.15) is 0 Å². The number of rotatable bonds is 5. The first kappa shape index (κ1) is 16.0. The summed E-state index contributed by atoms with van der Waals surface area (Å²) in [5, 5.41) is 1.81. The molecule has 2 rings (SSSR count). The number of hydrogen-bond acceptors (Lipinski definition) is 5. The van der Waals surface area contributed by atoms with Gasteiger partial charge in [0.05, 0.1) is 10.4 Å². The van der Waals surface area contributed by atoms with Crippen molar-refractivity contribution < 1.29 is 18.8 Å². The van der Waals surface area contributed by atoms with Gasteiger partial charge in [-0.15, -0.1) is 11.3 Å². The summed E-state index contributed by atoms with van der Waals surface area (Å²) < 4.78 is 5.25. The second-order valence-corrected chi connectivity index (χ2v) is 5.68. The molecular formula is C15H16N2O4S. The summed E-state index contributed by atoms with van der Waals surface area (Å²) in [4.78, 5) is 35.9. The lowest BCUT2D eigenvalue weighted by atomic mass is 10.2. The fraction of sp³-hybridized carbons (Fsp3) is 0.267. The van der Waals surface area contributed by atoms with Crippen LogP contribution in [0.2, 0.25) is 0 Å². The van der Waals surface area contributed by atoms with E-state index in [1.165, 1.54) is 11.3 Å². The van der Waals surface area contributed by atoms with Crippen molar-refractivity contribution in [3.05, 3.63) is 45.5 Å². The van der Waals surface area contributed by atoms with Gasteiger partial charge >= 0.3 is 0 Å². The molecule has 2 heterocycles. The van der Waals surface area contributed by atoms with E-state index in [1.807, 2.05) is 5.38 Å². The minimum absolute atomic E-state index is 0.0143. The summed E-state index contributed by atoms with van der Waals surface area (Å²) in [5.41, 5.74) is 4.96. The van der Waals surface area contributed by atoms with Crippen LogP contribution >= 0.6 is 11.3 Å². The van der Waals surface area contributed by atoms with E-state index >= 15 is 0 Å². The molecule has 116 valence electrons. The van der Waals surface area contributed by atoms with Crippen LogP contribution in [0.25, 0.3) is 0 Å². The molecule has 0 radical (unpaired) electrons. The van der Waals surface area contributed by atoms with Crippen LogP contribution in [-0.4, -0.2) is 17.6 Å². The van der Waals surface area contributed by atoms with Crippen molar-refractivity contribution in [1.82, 2.24) is 10.9 Å². The summed E-state index contributed by atoms with van der Waals surface area (Å²) in [5.74, 6) is 0.147. The van der Waals surface area contributed by atoms with E-state index in [9.17, 15) is 14.4 Å². The van der Waals surface area contributed by atoms with Crippen LogP contribution in [-0.2, 0) is 4.79 Å². The number of carbonyl (C=O) groups excluding carboxylic acids is 3. The fourth-order valence-corrected chi connectivity index (χ4v) is 2.59. The number of nitrogens with one attached hydrogen (secondary N) is 2. The molecule has 0 bridgehead atoms. The van der Waals surface area contributed by atoms with Crippen molar-refractivity contribution in [2.24, 2.45) is 0 Å². The van der Waals surface area contributed by atoms with E-state index in [1.54, 1.807) is 32.0 Å². The predicted molar refractivity (Wildman–Crippen MR) is 81.7 cm³/mol. The van der Waals surface area contributed by atoms with Gasteiger partial charge in [0, 0.05) is 12.8 Å². The lowest BCUT2D eigenvalue weighted by Crippen LogP contribution is -2.41. The standard InChI is InChI=1S/C15H16N2O4S/c1-9-8-11(10(2)21-9)15(20)17-16-14(19)6-5-12(18)13-4-3-7-22-13/h3-4,7-8H,5-6H2,1-2H3,(H,16,19)(H,17,20). The summed E-state index contributed by atoms with van der Waals surface area (Å²) in [6.07, 6.45) is 0.118. The van der Waals surface area contributed by atoms with Crippen molar-refractivity contribution >= 4 is 28.9 Å². The van der Waals surface area contributed by atoms with Crippen molar-refractivity contribution in [2.75, 3.05) is 0 Å². The van der Waals surface area contributed by atoms with Crippen LogP contribution in [0.15, 0.2) is 28.0 Å². The quantitative estimate of drug-likeness (QED) is 0.654. The molecule has 2 aromatic heterocycles. The van der Waals surface area contributed by atoms with Gasteiger partial charge in [0.25, 0.3) is 5.91 Å². The molecule has 0 atom stereocenters. The van der Waals surface area contributed by atoms with Gasteiger partial charge in [-0.1, -0.05) is 6.07 Å². The van der Waals surface area contributed by atoms with Gasteiger partial charge in [-0.3, -0.25) is 25.2 Å². The summed E-state index contributed by atoms with van der Waals surface area (Å²) in [6, 6.07) is 5.10. The first-order valence-electron chi connectivity index (χ1n) is 6.70. The van der Waals surface area contributed by atoms with Crippen LogP contribution in [0, 0.1) is 13.8 Å². The molecule has 0 aromatic carbocycles. The number of Topliss-reactive ketones (excluding diaryl/α,β-unsaturated/α-hetero) is 1. The van der Waals surface area contributed by atoms with Crippen LogP contribution in [0.1, 0.15) is 44.4 Å². The molecule has 0 unspecified atom stereocenters. The second-order valence-electron chi connectivity index (χ2n) is 4.73. The SMILES string of the molecule is Cc1cc(C(=O)NNC(=O)CCC(=O)c2cccs2)c(C)o1. The van der Waals surface area contributed by atoms with Crippen LogP contribution in [0.5, 0.6) is 0 Å². The Morgan fingerprint density at radius 2 is 1.95 bits per heavy atom. The van der Waals surface area contributed by atoms with Gasteiger partial charge in [0.2, 0.25) is 5.91 Å². The molecule has 2 N–H and O–H groups in total. The molecule has 2 aromatic rings. The van der Waals surface area contributed by atoms with Crippen LogP contribution < -0.4 is 10.9 Å². The fourth-order valence-electron chi connectivity index (χ4n) is 1.90. The summed E-state index contributed by atoms with van der Waals surface area (Å²) in [6.45, 7) is 3.40. The Hall–Kier alpha value is -2.41. The number of thiophene rings is 1. The van der Waals surface area contributed by atoms with Crippen molar-refractivity contribution in [2.45, 2.75) is 26.7 Å². The van der Waals surface area contributed by atoms with E-state index in [-0.39, 0.29) is 18.6 Å². The zero-order valence-corrected chi connectivity index (χ0v) is 13.1. The number of aryl methyl sites for hydroxylation is 2. The maximum atomic E-state index is 11.9. The highest BCUT2D eigenvalue weighted by Gasteiger charge is 2.15. The first-order chi connectivity index (χ1) is 10.5. The topological polar surface area (TPSA) is 88.4 Å². The predicted octanol–water partition coefficient (Wildman–Crippen LogP) is 2.38. The van der Waals surface area contributed by atoms with E-state index in [2.05, 4.69) is 10.9 Å². The monoisotopic (exact) mass is 320 g/mol. The highest BCUT2D eigenvalue weighted by molar-refractivity contribution is 7.12. The molecule has 6 nitrogen and oxygen atoms in total. The highest BCUT2D eigenvalue weighted by atomic mass is 32.1. The zero-order chi connectivity index (χ0) is 16.1. The van der Waals surface area contributed by atoms with Crippen LogP contribution in [0.4, 0.5) is 0 Å².